The van der Waals surface area contributed by atoms with Crippen LogP contribution in [0.3, 0.4) is 0 Å². The van der Waals surface area contributed by atoms with Crippen LogP contribution >= 0.6 is 0 Å². The number of hydrogen-bond donors (Lipinski definition) is 0. The summed E-state index contributed by atoms with van der Waals surface area (Å²) < 4.78 is 24.0. The fourth-order valence-electron chi connectivity index (χ4n) is 4.38. The number of esters is 2. The van der Waals surface area contributed by atoms with Crippen molar-refractivity contribution in [2.75, 3.05) is 20.3 Å². The van der Waals surface area contributed by atoms with Crippen molar-refractivity contribution in [3.05, 3.63) is 51.3 Å². The SMILES string of the molecule is COCCCOc1cc2c(cc1C(=O)OC(C)C)-c1cc(=O)c(C(=O)OC(C)(C)C)cn1C(C(C)C)C2. The molecule has 0 radical (unpaired) electrons. The zero-order chi connectivity index (χ0) is 27.5. The van der Waals surface area contributed by atoms with E-state index in [9.17, 15) is 14.4 Å². The first-order valence-electron chi connectivity index (χ1n) is 12.8. The summed E-state index contributed by atoms with van der Waals surface area (Å²) in [6.45, 7) is 14.0. The molecule has 1 atom stereocenters. The van der Waals surface area contributed by atoms with Crippen LogP contribution in [0.2, 0.25) is 0 Å². The van der Waals surface area contributed by atoms with Gasteiger partial charge in [-0.15, -0.1) is 0 Å². The molecule has 0 saturated carbocycles. The Balaban J connectivity index is 2.16. The summed E-state index contributed by atoms with van der Waals surface area (Å²) in [5, 5.41) is 0. The second-order valence-electron chi connectivity index (χ2n) is 11.0. The Morgan fingerprint density at radius 1 is 1.03 bits per heavy atom. The molecule has 0 spiro atoms. The van der Waals surface area contributed by atoms with E-state index in [0.29, 0.717) is 43.1 Å². The molecule has 0 fully saturated rings. The molecule has 1 aliphatic heterocycles. The van der Waals surface area contributed by atoms with Gasteiger partial charge >= 0.3 is 11.9 Å². The minimum atomic E-state index is -0.723. The van der Waals surface area contributed by atoms with Gasteiger partial charge in [-0.25, -0.2) is 9.59 Å². The summed E-state index contributed by atoms with van der Waals surface area (Å²) in [6, 6.07) is 5.06. The van der Waals surface area contributed by atoms with Gasteiger partial charge in [0.1, 0.15) is 22.5 Å². The Morgan fingerprint density at radius 2 is 1.73 bits per heavy atom. The van der Waals surface area contributed by atoms with Crippen molar-refractivity contribution in [2.45, 2.75) is 79.1 Å². The van der Waals surface area contributed by atoms with Crippen LogP contribution in [0.15, 0.2) is 29.2 Å². The number of carbonyl (C=O) groups excluding carboxylic acids is 2. The normalized spacial score (nSPS) is 14.8. The summed E-state index contributed by atoms with van der Waals surface area (Å²) in [5.74, 6) is -0.492. The number of pyridine rings is 1. The zero-order valence-corrected chi connectivity index (χ0v) is 23.2. The first-order valence-corrected chi connectivity index (χ1v) is 12.8. The third kappa shape index (κ3) is 6.80. The van der Waals surface area contributed by atoms with Crippen molar-refractivity contribution in [3.8, 4) is 17.0 Å². The Hall–Kier alpha value is -3.13. The molecular weight excluding hydrogens is 474 g/mol. The third-order valence-electron chi connectivity index (χ3n) is 6.05. The van der Waals surface area contributed by atoms with Crippen molar-refractivity contribution in [1.82, 2.24) is 4.57 Å². The number of carbonyl (C=O) groups is 2. The molecule has 0 saturated heterocycles. The van der Waals surface area contributed by atoms with Gasteiger partial charge in [0.15, 0.2) is 5.43 Å². The Morgan fingerprint density at radius 3 is 2.32 bits per heavy atom. The van der Waals surface area contributed by atoms with Gasteiger partial charge in [0.25, 0.3) is 0 Å². The first-order chi connectivity index (χ1) is 17.3. The van der Waals surface area contributed by atoms with E-state index in [1.54, 1.807) is 54.0 Å². The van der Waals surface area contributed by atoms with E-state index in [0.717, 1.165) is 11.1 Å². The lowest BCUT2D eigenvalue weighted by molar-refractivity contribution is 0.00664. The lowest BCUT2D eigenvalue weighted by Crippen LogP contribution is -2.31. The van der Waals surface area contributed by atoms with Crippen LogP contribution in [-0.2, 0) is 20.6 Å². The summed E-state index contributed by atoms with van der Waals surface area (Å²) in [4.78, 5) is 38.9. The van der Waals surface area contributed by atoms with Crippen LogP contribution in [0.1, 0.15) is 87.2 Å². The highest BCUT2D eigenvalue weighted by Gasteiger charge is 2.31. The van der Waals surface area contributed by atoms with Crippen LogP contribution in [-0.4, -0.2) is 48.5 Å². The summed E-state index contributed by atoms with van der Waals surface area (Å²) in [5.41, 5.74) is 1.48. The summed E-state index contributed by atoms with van der Waals surface area (Å²) in [7, 11) is 1.63. The molecule has 2 aromatic rings. The van der Waals surface area contributed by atoms with E-state index in [2.05, 4.69) is 13.8 Å². The minimum Gasteiger partial charge on any atom is -0.493 e. The van der Waals surface area contributed by atoms with Gasteiger partial charge in [-0.3, -0.25) is 4.79 Å². The highest BCUT2D eigenvalue weighted by atomic mass is 16.6. The van der Waals surface area contributed by atoms with Crippen molar-refractivity contribution in [2.24, 2.45) is 5.92 Å². The Kier molecular flexibility index (Phi) is 8.84. The molecular formula is C29H39NO7. The van der Waals surface area contributed by atoms with Crippen molar-refractivity contribution in [1.29, 1.82) is 0 Å². The van der Waals surface area contributed by atoms with E-state index >= 15 is 0 Å². The predicted molar refractivity (Wildman–Crippen MR) is 141 cm³/mol. The van der Waals surface area contributed by atoms with Gasteiger partial charge in [-0.1, -0.05) is 13.8 Å². The van der Waals surface area contributed by atoms with E-state index in [1.807, 2.05) is 10.6 Å². The smallest absolute Gasteiger partial charge is 0.344 e. The van der Waals surface area contributed by atoms with Crippen LogP contribution < -0.4 is 10.2 Å². The third-order valence-corrected chi connectivity index (χ3v) is 6.05. The molecule has 0 N–H and O–H groups in total. The maximum Gasteiger partial charge on any atom is 0.344 e. The van der Waals surface area contributed by atoms with Crippen molar-refractivity contribution < 1.29 is 28.5 Å². The molecule has 8 heteroatoms. The number of hydrogen-bond acceptors (Lipinski definition) is 7. The van der Waals surface area contributed by atoms with Gasteiger partial charge in [0, 0.05) is 44.0 Å². The lowest BCUT2D eigenvalue weighted by atomic mass is 9.86. The maximum atomic E-state index is 13.1. The van der Waals surface area contributed by atoms with Crippen LogP contribution in [0.5, 0.6) is 5.75 Å². The van der Waals surface area contributed by atoms with E-state index < -0.39 is 23.0 Å². The molecule has 2 heterocycles. The van der Waals surface area contributed by atoms with Gasteiger partial charge in [0.2, 0.25) is 0 Å². The van der Waals surface area contributed by atoms with Gasteiger partial charge in [-0.05, 0) is 64.7 Å². The molecule has 1 aromatic heterocycles. The molecule has 8 nitrogen and oxygen atoms in total. The van der Waals surface area contributed by atoms with E-state index in [4.69, 9.17) is 18.9 Å². The fraction of sp³-hybridized carbons (Fsp3) is 0.552. The molecule has 0 amide bonds. The predicted octanol–water partition coefficient (Wildman–Crippen LogP) is 5.20. The summed E-state index contributed by atoms with van der Waals surface area (Å²) >= 11 is 0. The van der Waals surface area contributed by atoms with Gasteiger partial charge < -0.3 is 23.5 Å². The molecule has 3 rings (SSSR count). The topological polar surface area (TPSA) is 93.1 Å². The van der Waals surface area contributed by atoms with Gasteiger partial charge in [-0.2, -0.15) is 0 Å². The standard InChI is InChI=1S/C29H39NO7/c1-17(2)23-12-19-13-26(35-11-9-10-34-8)21(27(32)36-18(3)4)14-20(19)24-15-25(31)22(16-30(23)24)28(33)37-29(5,6)7/h13-18,23H,9-12H2,1-8H3. The molecule has 0 aliphatic carbocycles. The quantitative estimate of drug-likeness (QED) is 0.336. The number of aromatic nitrogens is 1. The van der Waals surface area contributed by atoms with Crippen LogP contribution in [0.4, 0.5) is 0 Å². The second kappa shape index (κ2) is 11.5. The molecule has 202 valence electrons. The number of fused-ring (bicyclic) bond motifs is 3. The number of nitrogens with zero attached hydrogens (tertiary/aromatic N) is 1. The number of benzene rings is 1. The average Bonchev–Trinajstić information content (AvgIpc) is 2.78. The largest absolute Gasteiger partial charge is 0.493 e. The first kappa shape index (κ1) is 28.4. The highest BCUT2D eigenvalue weighted by Crippen LogP contribution is 2.40. The maximum absolute atomic E-state index is 13.1. The average molecular weight is 514 g/mol. The Labute approximate surface area is 218 Å². The minimum absolute atomic E-state index is 0.00897. The second-order valence-corrected chi connectivity index (χ2v) is 11.0. The van der Waals surface area contributed by atoms with Crippen molar-refractivity contribution >= 4 is 11.9 Å². The number of rotatable bonds is 9. The highest BCUT2D eigenvalue weighted by molar-refractivity contribution is 5.95. The molecule has 1 unspecified atom stereocenters. The molecule has 0 bridgehead atoms. The number of ether oxygens (including phenoxy) is 4. The van der Waals surface area contributed by atoms with Crippen molar-refractivity contribution in [3.63, 3.8) is 0 Å². The molecule has 1 aliphatic rings. The summed E-state index contributed by atoms with van der Waals surface area (Å²) in [6.07, 6.45) is 2.61. The fourth-order valence-corrected chi connectivity index (χ4v) is 4.38. The van der Waals surface area contributed by atoms with Gasteiger partial charge in [0.05, 0.1) is 18.4 Å². The lowest BCUT2D eigenvalue weighted by Gasteiger charge is -2.34. The number of methoxy groups -OCH3 is 1. The zero-order valence-electron chi connectivity index (χ0n) is 23.2. The monoisotopic (exact) mass is 513 g/mol. The Bertz CT molecular complexity index is 1200. The van der Waals surface area contributed by atoms with E-state index in [1.165, 1.54) is 6.07 Å². The van der Waals surface area contributed by atoms with Crippen LogP contribution in [0.25, 0.3) is 11.3 Å². The van der Waals surface area contributed by atoms with E-state index in [-0.39, 0.29) is 23.6 Å². The molecule has 37 heavy (non-hydrogen) atoms. The molecule has 1 aromatic carbocycles. The van der Waals surface area contributed by atoms with Crippen LogP contribution in [0, 0.1) is 5.92 Å².